The van der Waals surface area contributed by atoms with Crippen LogP contribution in [0.4, 0.5) is 0 Å². The van der Waals surface area contributed by atoms with E-state index in [0.29, 0.717) is 5.92 Å². The van der Waals surface area contributed by atoms with Crippen LogP contribution in [0.15, 0.2) is 6.20 Å². The molecule has 88 valence electrons. The number of imidazole rings is 1. The predicted octanol–water partition coefficient (Wildman–Crippen LogP) is 2.20. The van der Waals surface area contributed by atoms with Gasteiger partial charge in [0, 0.05) is 29.9 Å². The fourth-order valence-corrected chi connectivity index (χ4v) is 2.75. The van der Waals surface area contributed by atoms with Crippen molar-refractivity contribution < 1.29 is 0 Å². The summed E-state index contributed by atoms with van der Waals surface area (Å²) in [5, 5.41) is 0. The Kier molecular flexibility index (Phi) is 2.32. The summed E-state index contributed by atoms with van der Waals surface area (Å²) >= 11 is 0. The lowest BCUT2D eigenvalue weighted by Gasteiger charge is -2.22. The molecule has 0 bridgehead atoms. The molecule has 3 rings (SSSR count). The molecule has 1 aliphatic heterocycles. The number of hydrogen-bond acceptors (Lipinski definition) is 2. The zero-order chi connectivity index (χ0) is 11.2. The van der Waals surface area contributed by atoms with Crippen LogP contribution in [0.1, 0.15) is 56.5 Å². The van der Waals surface area contributed by atoms with Gasteiger partial charge in [0.2, 0.25) is 0 Å². The Morgan fingerprint density at radius 2 is 2.38 bits per heavy atom. The number of nitrogens with zero attached hydrogens (tertiary/aromatic N) is 2. The van der Waals surface area contributed by atoms with E-state index in [9.17, 15) is 0 Å². The highest BCUT2D eigenvalue weighted by Crippen LogP contribution is 2.37. The minimum atomic E-state index is 0.172. The van der Waals surface area contributed by atoms with Crippen LogP contribution in [-0.4, -0.2) is 15.1 Å². The largest absolute Gasteiger partial charge is 0.332 e. The molecule has 1 fully saturated rings. The zero-order valence-electron chi connectivity index (χ0n) is 10.1. The number of nitrogens with two attached hydrogens (primary N) is 1. The molecule has 2 N–H and O–H groups in total. The summed E-state index contributed by atoms with van der Waals surface area (Å²) < 4.78 is 2.43. The number of aromatic nitrogens is 2. The van der Waals surface area contributed by atoms with E-state index >= 15 is 0 Å². The van der Waals surface area contributed by atoms with E-state index in [1.807, 2.05) is 0 Å². The lowest BCUT2D eigenvalue weighted by atomic mass is 10.0. The van der Waals surface area contributed by atoms with E-state index < -0.39 is 0 Å². The van der Waals surface area contributed by atoms with E-state index in [2.05, 4.69) is 22.7 Å². The van der Waals surface area contributed by atoms with E-state index in [-0.39, 0.29) is 5.54 Å². The summed E-state index contributed by atoms with van der Waals surface area (Å²) in [4.78, 5) is 4.58. The van der Waals surface area contributed by atoms with Crippen LogP contribution in [0.2, 0.25) is 0 Å². The summed E-state index contributed by atoms with van der Waals surface area (Å²) in [6, 6.07) is 0. The predicted molar refractivity (Wildman–Crippen MR) is 64.3 cm³/mol. The second kappa shape index (κ2) is 3.59. The first-order valence-electron chi connectivity index (χ1n) is 6.51. The second-order valence-electron chi connectivity index (χ2n) is 5.67. The van der Waals surface area contributed by atoms with Crippen molar-refractivity contribution in [2.75, 3.05) is 0 Å². The number of rotatable bonds is 3. The number of fused-ring (bicyclic) bond motifs is 1. The van der Waals surface area contributed by atoms with Crippen molar-refractivity contribution in [1.82, 2.24) is 9.55 Å². The van der Waals surface area contributed by atoms with Gasteiger partial charge in [-0.2, -0.15) is 0 Å². The average molecular weight is 219 g/mol. The first-order chi connectivity index (χ1) is 7.68. The highest BCUT2D eigenvalue weighted by Gasteiger charge is 2.37. The summed E-state index contributed by atoms with van der Waals surface area (Å²) in [6.45, 7) is 3.44. The molecule has 1 saturated carbocycles. The summed E-state index contributed by atoms with van der Waals surface area (Å²) in [5.74, 6) is 1.93. The maximum Gasteiger partial charge on any atom is 0.111 e. The second-order valence-corrected chi connectivity index (χ2v) is 5.67. The Balaban J connectivity index is 1.75. The molecule has 1 aromatic rings. The molecular weight excluding hydrogens is 198 g/mol. The molecule has 1 unspecified atom stereocenters. The zero-order valence-corrected chi connectivity index (χ0v) is 10.1. The van der Waals surface area contributed by atoms with Crippen LogP contribution in [-0.2, 0) is 13.0 Å². The van der Waals surface area contributed by atoms with Crippen LogP contribution < -0.4 is 5.73 Å². The Labute approximate surface area is 97.0 Å². The minimum Gasteiger partial charge on any atom is -0.332 e. The van der Waals surface area contributed by atoms with Gasteiger partial charge in [0.05, 0.1) is 0 Å². The summed E-state index contributed by atoms with van der Waals surface area (Å²) in [6.07, 6.45) is 9.32. The molecule has 1 aliphatic carbocycles. The molecule has 0 radical (unpaired) electrons. The van der Waals surface area contributed by atoms with Gasteiger partial charge in [-0.3, -0.25) is 0 Å². The standard InChI is InChI=1S/C13H21N3/c1-10-3-2-8-16-11(9-15-12(10)16)4-5-13(14)6-7-13/h9-10H,2-8,14H2,1H3. The van der Waals surface area contributed by atoms with Crippen molar-refractivity contribution in [3.05, 3.63) is 17.7 Å². The van der Waals surface area contributed by atoms with E-state index in [1.165, 1.54) is 37.2 Å². The van der Waals surface area contributed by atoms with E-state index in [1.54, 1.807) is 0 Å². The van der Waals surface area contributed by atoms with Gasteiger partial charge >= 0.3 is 0 Å². The third-order valence-corrected chi connectivity index (χ3v) is 4.20. The van der Waals surface area contributed by atoms with Gasteiger partial charge in [0.1, 0.15) is 5.82 Å². The molecular formula is C13H21N3. The first-order valence-corrected chi connectivity index (χ1v) is 6.51. The molecule has 2 heterocycles. The number of hydrogen-bond donors (Lipinski definition) is 1. The smallest absolute Gasteiger partial charge is 0.111 e. The van der Waals surface area contributed by atoms with Gasteiger partial charge < -0.3 is 10.3 Å². The molecule has 3 nitrogen and oxygen atoms in total. The van der Waals surface area contributed by atoms with Gasteiger partial charge in [0.15, 0.2) is 0 Å². The molecule has 2 aliphatic rings. The molecule has 1 aromatic heterocycles. The molecule has 3 heteroatoms. The van der Waals surface area contributed by atoms with Crippen LogP contribution in [0.5, 0.6) is 0 Å². The third-order valence-electron chi connectivity index (χ3n) is 4.20. The molecule has 0 saturated heterocycles. The van der Waals surface area contributed by atoms with Crippen molar-refractivity contribution in [3.63, 3.8) is 0 Å². The maximum atomic E-state index is 6.14. The van der Waals surface area contributed by atoms with Gasteiger partial charge in [-0.25, -0.2) is 4.98 Å². The fraction of sp³-hybridized carbons (Fsp3) is 0.769. The van der Waals surface area contributed by atoms with Crippen molar-refractivity contribution in [2.45, 2.75) is 63.5 Å². The van der Waals surface area contributed by atoms with Crippen molar-refractivity contribution in [1.29, 1.82) is 0 Å². The Morgan fingerprint density at radius 1 is 1.56 bits per heavy atom. The average Bonchev–Trinajstić information content (AvgIpc) is 2.86. The summed E-state index contributed by atoms with van der Waals surface area (Å²) in [7, 11) is 0. The van der Waals surface area contributed by atoms with Crippen LogP contribution in [0.3, 0.4) is 0 Å². The molecule has 0 spiro atoms. The summed E-state index contributed by atoms with van der Waals surface area (Å²) in [5.41, 5.74) is 7.71. The van der Waals surface area contributed by atoms with Crippen LogP contribution in [0.25, 0.3) is 0 Å². The Hall–Kier alpha value is -0.830. The Bertz CT molecular complexity index is 390. The maximum absolute atomic E-state index is 6.14. The van der Waals surface area contributed by atoms with Gasteiger partial charge in [-0.05, 0) is 38.5 Å². The normalized spacial score (nSPS) is 26.5. The lowest BCUT2D eigenvalue weighted by Crippen LogP contribution is -2.23. The van der Waals surface area contributed by atoms with Gasteiger partial charge in [0.25, 0.3) is 0 Å². The van der Waals surface area contributed by atoms with Gasteiger partial charge in [-0.1, -0.05) is 6.92 Å². The molecule has 0 aromatic carbocycles. The molecule has 0 amide bonds. The van der Waals surface area contributed by atoms with E-state index in [4.69, 9.17) is 5.73 Å². The monoisotopic (exact) mass is 219 g/mol. The van der Waals surface area contributed by atoms with Crippen molar-refractivity contribution in [2.24, 2.45) is 5.73 Å². The highest BCUT2D eigenvalue weighted by molar-refractivity contribution is 5.13. The van der Waals surface area contributed by atoms with Crippen LogP contribution >= 0.6 is 0 Å². The van der Waals surface area contributed by atoms with Crippen LogP contribution in [0, 0.1) is 0 Å². The SMILES string of the molecule is CC1CCCn2c(CCC3(N)CC3)cnc21. The number of aryl methyl sites for hydroxylation is 1. The first kappa shape index (κ1) is 10.3. The molecule has 1 atom stereocenters. The molecule has 16 heavy (non-hydrogen) atoms. The quantitative estimate of drug-likeness (QED) is 0.847. The van der Waals surface area contributed by atoms with Crippen molar-refractivity contribution in [3.8, 4) is 0 Å². The Morgan fingerprint density at radius 3 is 3.12 bits per heavy atom. The third kappa shape index (κ3) is 1.77. The van der Waals surface area contributed by atoms with Gasteiger partial charge in [-0.15, -0.1) is 0 Å². The highest BCUT2D eigenvalue weighted by atomic mass is 15.1. The van der Waals surface area contributed by atoms with Crippen molar-refractivity contribution >= 4 is 0 Å². The van der Waals surface area contributed by atoms with E-state index in [0.717, 1.165) is 19.4 Å². The topological polar surface area (TPSA) is 43.8 Å². The lowest BCUT2D eigenvalue weighted by molar-refractivity contribution is 0.449. The fourth-order valence-electron chi connectivity index (χ4n) is 2.75. The minimum absolute atomic E-state index is 0.172.